The van der Waals surface area contributed by atoms with Crippen LogP contribution in [0.3, 0.4) is 0 Å². The summed E-state index contributed by atoms with van der Waals surface area (Å²) in [6.45, 7) is 7.20. The third-order valence-corrected chi connectivity index (χ3v) is 3.09. The van der Waals surface area contributed by atoms with Crippen molar-refractivity contribution in [3.63, 3.8) is 0 Å². The molecule has 1 atom stereocenters. The van der Waals surface area contributed by atoms with Gasteiger partial charge in [0.1, 0.15) is 0 Å². The predicted octanol–water partition coefficient (Wildman–Crippen LogP) is 2.96. The molecule has 12 heavy (non-hydrogen) atoms. The second-order valence-corrected chi connectivity index (χ2v) is 4.55. The Bertz CT molecular complexity index is 114. The van der Waals surface area contributed by atoms with Gasteiger partial charge in [-0.2, -0.15) is 0 Å². The fourth-order valence-electron chi connectivity index (χ4n) is 2.06. The minimum absolute atomic E-state index is 0.633. The van der Waals surface area contributed by atoms with Crippen molar-refractivity contribution in [2.45, 2.75) is 52.4 Å². The molecule has 1 heterocycles. The van der Waals surface area contributed by atoms with Crippen molar-refractivity contribution in [3.8, 4) is 0 Å². The van der Waals surface area contributed by atoms with Crippen molar-refractivity contribution in [1.82, 2.24) is 5.32 Å². The number of hydrogen-bond donors (Lipinski definition) is 1. The Labute approximate surface area is 76.9 Å². The molecule has 1 N–H and O–H groups in total. The van der Waals surface area contributed by atoms with E-state index >= 15 is 0 Å². The highest BCUT2D eigenvalue weighted by Gasteiger charge is 2.27. The molecule has 1 rings (SSSR count). The molecule has 1 aliphatic rings. The molecule has 0 radical (unpaired) electrons. The largest absolute Gasteiger partial charge is 0.316 e. The van der Waals surface area contributed by atoms with E-state index in [1.807, 2.05) is 0 Å². The van der Waals surface area contributed by atoms with Crippen molar-refractivity contribution in [3.05, 3.63) is 0 Å². The van der Waals surface area contributed by atoms with Crippen molar-refractivity contribution >= 4 is 0 Å². The van der Waals surface area contributed by atoms with Crippen molar-refractivity contribution in [2.75, 3.05) is 13.1 Å². The van der Waals surface area contributed by atoms with Crippen LogP contribution in [-0.4, -0.2) is 13.1 Å². The van der Waals surface area contributed by atoms with Crippen LogP contribution in [0.5, 0.6) is 0 Å². The number of rotatable bonds is 5. The first-order valence-electron chi connectivity index (χ1n) is 5.47. The van der Waals surface area contributed by atoms with Crippen LogP contribution in [0.1, 0.15) is 52.4 Å². The van der Waals surface area contributed by atoms with E-state index in [2.05, 4.69) is 19.2 Å². The second-order valence-electron chi connectivity index (χ2n) is 4.55. The van der Waals surface area contributed by atoms with Crippen LogP contribution in [0.4, 0.5) is 0 Å². The van der Waals surface area contributed by atoms with Crippen LogP contribution in [0, 0.1) is 5.41 Å². The lowest BCUT2D eigenvalue weighted by Crippen LogP contribution is -2.19. The monoisotopic (exact) mass is 169 g/mol. The average molecular weight is 169 g/mol. The summed E-state index contributed by atoms with van der Waals surface area (Å²) in [5.41, 5.74) is 0.633. The highest BCUT2D eigenvalue weighted by atomic mass is 14.9. The molecule has 0 saturated carbocycles. The summed E-state index contributed by atoms with van der Waals surface area (Å²) in [7, 11) is 0. The molecular formula is C11H23N. The van der Waals surface area contributed by atoms with Gasteiger partial charge in [0.05, 0.1) is 0 Å². The van der Waals surface area contributed by atoms with Crippen molar-refractivity contribution in [2.24, 2.45) is 5.41 Å². The first-order valence-corrected chi connectivity index (χ1v) is 5.47. The fourth-order valence-corrected chi connectivity index (χ4v) is 2.06. The molecule has 0 aliphatic carbocycles. The van der Waals surface area contributed by atoms with Crippen LogP contribution >= 0.6 is 0 Å². The Kier molecular flexibility index (Phi) is 4.07. The molecule has 0 bridgehead atoms. The van der Waals surface area contributed by atoms with Crippen LogP contribution < -0.4 is 5.32 Å². The zero-order chi connectivity index (χ0) is 8.86. The van der Waals surface area contributed by atoms with Gasteiger partial charge in [0.25, 0.3) is 0 Å². The maximum Gasteiger partial charge on any atom is 0.000564 e. The smallest absolute Gasteiger partial charge is 0.000564 e. The molecular weight excluding hydrogens is 146 g/mol. The molecule has 0 aromatic heterocycles. The molecule has 0 amide bonds. The lowest BCUT2D eigenvalue weighted by molar-refractivity contribution is 0.319. The first-order chi connectivity index (χ1) is 5.77. The Morgan fingerprint density at radius 2 is 2.08 bits per heavy atom. The summed E-state index contributed by atoms with van der Waals surface area (Å²) < 4.78 is 0. The highest BCUT2D eigenvalue weighted by molar-refractivity contribution is 4.83. The minimum atomic E-state index is 0.633. The van der Waals surface area contributed by atoms with E-state index in [9.17, 15) is 0 Å². The molecule has 1 heteroatoms. The standard InChI is InChI=1S/C11H23N/c1-3-4-5-6-7-11(2)8-9-12-10-11/h12H,3-10H2,1-2H3. The van der Waals surface area contributed by atoms with Gasteiger partial charge >= 0.3 is 0 Å². The van der Waals surface area contributed by atoms with Gasteiger partial charge in [-0.05, 0) is 24.8 Å². The molecule has 1 nitrogen and oxygen atoms in total. The van der Waals surface area contributed by atoms with Gasteiger partial charge in [-0.1, -0.05) is 39.5 Å². The number of hydrogen-bond acceptors (Lipinski definition) is 1. The first kappa shape index (κ1) is 10.0. The van der Waals surface area contributed by atoms with E-state index in [1.54, 1.807) is 0 Å². The maximum atomic E-state index is 3.45. The van der Waals surface area contributed by atoms with Gasteiger partial charge in [0.2, 0.25) is 0 Å². The zero-order valence-electron chi connectivity index (χ0n) is 8.66. The van der Waals surface area contributed by atoms with Gasteiger partial charge in [-0.15, -0.1) is 0 Å². The number of nitrogens with one attached hydrogen (secondary N) is 1. The van der Waals surface area contributed by atoms with Gasteiger partial charge in [0.15, 0.2) is 0 Å². The maximum absolute atomic E-state index is 3.45. The summed E-state index contributed by atoms with van der Waals surface area (Å²) in [6.07, 6.45) is 8.47. The highest BCUT2D eigenvalue weighted by Crippen LogP contribution is 2.30. The minimum Gasteiger partial charge on any atom is -0.316 e. The van der Waals surface area contributed by atoms with Crippen LogP contribution in [0.15, 0.2) is 0 Å². The fraction of sp³-hybridized carbons (Fsp3) is 1.00. The zero-order valence-corrected chi connectivity index (χ0v) is 8.66. The Morgan fingerprint density at radius 3 is 2.67 bits per heavy atom. The molecule has 0 aromatic rings. The summed E-state index contributed by atoms with van der Waals surface area (Å²) >= 11 is 0. The molecule has 1 fully saturated rings. The van der Waals surface area contributed by atoms with Crippen molar-refractivity contribution in [1.29, 1.82) is 0 Å². The molecule has 1 saturated heterocycles. The molecule has 0 spiro atoms. The normalized spacial score (nSPS) is 29.5. The Balaban J connectivity index is 2.05. The Morgan fingerprint density at radius 1 is 1.25 bits per heavy atom. The van der Waals surface area contributed by atoms with Gasteiger partial charge in [-0.3, -0.25) is 0 Å². The van der Waals surface area contributed by atoms with Crippen LogP contribution in [-0.2, 0) is 0 Å². The lowest BCUT2D eigenvalue weighted by atomic mass is 9.84. The van der Waals surface area contributed by atoms with Crippen LogP contribution in [0.2, 0.25) is 0 Å². The topological polar surface area (TPSA) is 12.0 Å². The summed E-state index contributed by atoms with van der Waals surface area (Å²) in [6, 6.07) is 0. The van der Waals surface area contributed by atoms with Crippen molar-refractivity contribution < 1.29 is 0 Å². The molecule has 1 unspecified atom stereocenters. The third kappa shape index (κ3) is 3.14. The SMILES string of the molecule is CCCCCCC1(C)CCNC1. The van der Waals surface area contributed by atoms with E-state index in [4.69, 9.17) is 0 Å². The molecule has 0 aromatic carbocycles. The summed E-state index contributed by atoms with van der Waals surface area (Å²) in [4.78, 5) is 0. The van der Waals surface area contributed by atoms with E-state index in [1.165, 1.54) is 51.6 Å². The van der Waals surface area contributed by atoms with E-state index < -0.39 is 0 Å². The van der Waals surface area contributed by atoms with Gasteiger partial charge in [0, 0.05) is 6.54 Å². The Hall–Kier alpha value is -0.0400. The summed E-state index contributed by atoms with van der Waals surface area (Å²) in [5, 5.41) is 3.45. The quantitative estimate of drug-likeness (QED) is 0.624. The second kappa shape index (κ2) is 4.86. The summed E-state index contributed by atoms with van der Waals surface area (Å²) in [5.74, 6) is 0. The van der Waals surface area contributed by atoms with Gasteiger partial charge in [-0.25, -0.2) is 0 Å². The van der Waals surface area contributed by atoms with E-state index in [-0.39, 0.29) is 0 Å². The van der Waals surface area contributed by atoms with E-state index in [0.29, 0.717) is 5.41 Å². The van der Waals surface area contributed by atoms with Crippen LogP contribution in [0.25, 0.3) is 0 Å². The average Bonchev–Trinajstić information content (AvgIpc) is 2.47. The molecule has 72 valence electrons. The predicted molar refractivity (Wildman–Crippen MR) is 54.4 cm³/mol. The van der Waals surface area contributed by atoms with E-state index in [0.717, 1.165) is 0 Å². The number of unbranched alkanes of at least 4 members (excludes halogenated alkanes) is 3. The third-order valence-electron chi connectivity index (χ3n) is 3.09. The lowest BCUT2D eigenvalue weighted by Gasteiger charge is -2.21. The van der Waals surface area contributed by atoms with Gasteiger partial charge < -0.3 is 5.32 Å². The molecule has 1 aliphatic heterocycles.